The van der Waals surface area contributed by atoms with Gasteiger partial charge in [0.2, 0.25) is 0 Å². The van der Waals surface area contributed by atoms with Crippen LogP contribution in [-0.2, 0) is 13.0 Å². The number of hydrogen-bond donors (Lipinski definition) is 2. The van der Waals surface area contributed by atoms with Crippen molar-refractivity contribution >= 4 is 28.9 Å². The van der Waals surface area contributed by atoms with Gasteiger partial charge in [-0.1, -0.05) is 55.5 Å². The molecule has 0 radical (unpaired) electrons. The van der Waals surface area contributed by atoms with Crippen LogP contribution >= 0.6 is 12.2 Å². The van der Waals surface area contributed by atoms with E-state index in [1.807, 2.05) is 72.8 Å². The molecule has 5 heteroatoms. The zero-order chi connectivity index (χ0) is 19.8. The summed E-state index contributed by atoms with van der Waals surface area (Å²) in [5, 5.41) is 5.98. The molecule has 1 amide bonds. The van der Waals surface area contributed by atoms with Crippen molar-refractivity contribution in [3.8, 4) is 5.75 Å². The molecule has 142 valence electrons. The molecule has 0 saturated heterocycles. The fourth-order valence-corrected chi connectivity index (χ4v) is 2.91. The number of aryl methyl sites for hydroxylation is 1. The molecule has 3 aromatic carbocycles. The lowest BCUT2D eigenvalue weighted by atomic mass is 10.1. The molecule has 3 aromatic rings. The van der Waals surface area contributed by atoms with Gasteiger partial charge >= 0.3 is 0 Å². The topological polar surface area (TPSA) is 50.4 Å². The molecule has 0 unspecified atom stereocenters. The van der Waals surface area contributed by atoms with Crippen LogP contribution in [-0.4, -0.2) is 11.0 Å². The van der Waals surface area contributed by atoms with E-state index in [9.17, 15) is 4.79 Å². The minimum atomic E-state index is -0.269. The lowest BCUT2D eigenvalue weighted by Gasteiger charge is -2.13. The molecule has 0 aliphatic carbocycles. The van der Waals surface area contributed by atoms with Crippen LogP contribution in [0.25, 0.3) is 0 Å². The third kappa shape index (κ3) is 5.41. The van der Waals surface area contributed by atoms with Crippen LogP contribution in [0.1, 0.15) is 28.4 Å². The molecule has 0 heterocycles. The molecule has 3 rings (SSSR count). The fourth-order valence-electron chi connectivity index (χ4n) is 2.70. The number of benzene rings is 3. The van der Waals surface area contributed by atoms with Gasteiger partial charge < -0.3 is 10.1 Å². The first-order chi connectivity index (χ1) is 13.7. The Balaban J connectivity index is 1.63. The standard InChI is InChI=1S/C23H22N2O2S/c1-2-17-12-14-20(15-13-17)27-16-18-8-6-7-11-21(18)22(26)25-23(28)24-19-9-4-3-5-10-19/h3-15H,2,16H2,1H3,(H2,24,25,26,28). The van der Waals surface area contributed by atoms with Crippen LogP contribution in [0.2, 0.25) is 0 Å². The van der Waals surface area contributed by atoms with Gasteiger partial charge in [-0.05, 0) is 54.5 Å². The van der Waals surface area contributed by atoms with Crippen molar-refractivity contribution in [3.05, 3.63) is 95.6 Å². The molecule has 0 aliphatic rings. The third-order valence-corrected chi connectivity index (χ3v) is 4.45. The first kappa shape index (κ1) is 19.6. The third-order valence-electron chi connectivity index (χ3n) is 4.25. The van der Waals surface area contributed by atoms with Gasteiger partial charge in [-0.15, -0.1) is 0 Å². The summed E-state index contributed by atoms with van der Waals surface area (Å²) in [4.78, 5) is 12.7. The zero-order valence-corrected chi connectivity index (χ0v) is 16.5. The summed E-state index contributed by atoms with van der Waals surface area (Å²) in [5.74, 6) is 0.502. The molecule has 0 saturated carbocycles. The van der Waals surface area contributed by atoms with Crippen LogP contribution in [0.15, 0.2) is 78.9 Å². The van der Waals surface area contributed by atoms with E-state index in [4.69, 9.17) is 17.0 Å². The maximum Gasteiger partial charge on any atom is 0.257 e. The molecule has 0 aliphatic heterocycles. The lowest BCUT2D eigenvalue weighted by molar-refractivity contribution is 0.0975. The Morgan fingerprint density at radius 1 is 0.929 bits per heavy atom. The zero-order valence-electron chi connectivity index (χ0n) is 15.6. The summed E-state index contributed by atoms with van der Waals surface area (Å²) >= 11 is 5.25. The van der Waals surface area contributed by atoms with Crippen LogP contribution in [0.5, 0.6) is 5.75 Å². The van der Waals surface area contributed by atoms with Crippen molar-refractivity contribution in [2.75, 3.05) is 5.32 Å². The number of thiocarbonyl (C=S) groups is 1. The normalized spacial score (nSPS) is 10.2. The molecule has 0 atom stereocenters. The Bertz CT molecular complexity index is 940. The summed E-state index contributed by atoms with van der Waals surface area (Å²) in [6.07, 6.45) is 0.986. The number of carbonyl (C=O) groups is 1. The lowest BCUT2D eigenvalue weighted by Crippen LogP contribution is -2.34. The summed E-state index contributed by atoms with van der Waals surface area (Å²) in [7, 11) is 0. The summed E-state index contributed by atoms with van der Waals surface area (Å²) in [6, 6.07) is 24.8. The Morgan fingerprint density at radius 3 is 2.32 bits per heavy atom. The Morgan fingerprint density at radius 2 is 1.61 bits per heavy atom. The second-order valence-electron chi connectivity index (χ2n) is 6.22. The summed E-state index contributed by atoms with van der Waals surface area (Å²) < 4.78 is 5.85. The number of rotatable bonds is 6. The fraction of sp³-hybridized carbons (Fsp3) is 0.130. The van der Waals surface area contributed by atoms with Crippen molar-refractivity contribution in [1.82, 2.24) is 5.32 Å². The highest BCUT2D eigenvalue weighted by atomic mass is 32.1. The molecule has 4 nitrogen and oxygen atoms in total. The van der Waals surface area contributed by atoms with E-state index in [1.54, 1.807) is 6.07 Å². The van der Waals surface area contributed by atoms with Crippen LogP contribution < -0.4 is 15.4 Å². The summed E-state index contributed by atoms with van der Waals surface area (Å²) in [5.41, 5.74) is 3.40. The van der Waals surface area contributed by atoms with Gasteiger partial charge in [0, 0.05) is 16.8 Å². The highest BCUT2D eigenvalue weighted by Crippen LogP contribution is 2.16. The SMILES string of the molecule is CCc1ccc(OCc2ccccc2C(=O)NC(=S)Nc2ccccc2)cc1. The first-order valence-electron chi connectivity index (χ1n) is 9.12. The number of para-hydroxylation sites is 1. The van der Waals surface area contributed by atoms with Crippen LogP contribution in [0, 0.1) is 0 Å². The van der Waals surface area contributed by atoms with Gasteiger partial charge in [-0.25, -0.2) is 0 Å². The van der Waals surface area contributed by atoms with Gasteiger partial charge in [0.05, 0.1) is 0 Å². The average Bonchev–Trinajstić information content (AvgIpc) is 2.73. The monoisotopic (exact) mass is 390 g/mol. The second-order valence-corrected chi connectivity index (χ2v) is 6.63. The predicted octanol–water partition coefficient (Wildman–Crippen LogP) is 4.95. The number of anilines is 1. The van der Waals surface area contributed by atoms with Gasteiger partial charge in [0.25, 0.3) is 5.91 Å². The minimum absolute atomic E-state index is 0.252. The number of ether oxygens (including phenoxy) is 1. The molecule has 2 N–H and O–H groups in total. The van der Waals surface area contributed by atoms with Gasteiger partial charge in [-0.3, -0.25) is 10.1 Å². The maximum absolute atomic E-state index is 12.7. The smallest absolute Gasteiger partial charge is 0.257 e. The maximum atomic E-state index is 12.7. The number of nitrogens with one attached hydrogen (secondary N) is 2. The Kier molecular flexibility index (Phi) is 6.76. The second kappa shape index (κ2) is 9.67. The van der Waals surface area contributed by atoms with E-state index >= 15 is 0 Å². The first-order valence-corrected chi connectivity index (χ1v) is 9.53. The minimum Gasteiger partial charge on any atom is -0.489 e. The van der Waals surface area contributed by atoms with Crippen molar-refractivity contribution in [1.29, 1.82) is 0 Å². The average molecular weight is 391 g/mol. The van der Waals surface area contributed by atoms with Crippen molar-refractivity contribution in [2.24, 2.45) is 0 Å². The quantitative estimate of drug-likeness (QED) is 0.585. The molecule has 0 aromatic heterocycles. The molecule has 0 bridgehead atoms. The molecular formula is C23H22N2O2S. The molecule has 0 spiro atoms. The van der Waals surface area contributed by atoms with Crippen LogP contribution in [0.3, 0.4) is 0 Å². The largest absolute Gasteiger partial charge is 0.489 e. The van der Waals surface area contributed by atoms with Gasteiger partial charge in [-0.2, -0.15) is 0 Å². The number of amides is 1. The van der Waals surface area contributed by atoms with Gasteiger partial charge in [0.1, 0.15) is 12.4 Å². The number of carbonyl (C=O) groups excluding carboxylic acids is 1. The molecular weight excluding hydrogens is 368 g/mol. The van der Waals surface area contributed by atoms with E-state index in [0.717, 1.165) is 23.4 Å². The highest BCUT2D eigenvalue weighted by molar-refractivity contribution is 7.80. The van der Waals surface area contributed by atoms with Crippen molar-refractivity contribution < 1.29 is 9.53 Å². The number of hydrogen-bond acceptors (Lipinski definition) is 3. The molecule has 0 fully saturated rings. The Labute approximate surface area is 170 Å². The highest BCUT2D eigenvalue weighted by Gasteiger charge is 2.13. The van der Waals surface area contributed by atoms with Gasteiger partial charge in [0.15, 0.2) is 5.11 Å². The summed E-state index contributed by atoms with van der Waals surface area (Å²) in [6.45, 7) is 2.41. The molecule has 28 heavy (non-hydrogen) atoms. The van der Waals surface area contributed by atoms with E-state index in [1.165, 1.54) is 5.56 Å². The van der Waals surface area contributed by atoms with E-state index in [-0.39, 0.29) is 11.0 Å². The van der Waals surface area contributed by atoms with Crippen molar-refractivity contribution in [2.45, 2.75) is 20.0 Å². The van der Waals surface area contributed by atoms with Crippen molar-refractivity contribution in [3.63, 3.8) is 0 Å². The van der Waals surface area contributed by atoms with E-state index < -0.39 is 0 Å². The van der Waals surface area contributed by atoms with E-state index in [2.05, 4.69) is 17.6 Å². The van der Waals surface area contributed by atoms with Crippen LogP contribution in [0.4, 0.5) is 5.69 Å². The Hall–Kier alpha value is -3.18. The van der Waals surface area contributed by atoms with E-state index in [0.29, 0.717) is 12.2 Å². The predicted molar refractivity (Wildman–Crippen MR) is 117 cm³/mol.